The zero-order valence-electron chi connectivity index (χ0n) is 10.9. The Bertz CT molecular complexity index is 569. The molecule has 1 aliphatic carbocycles. The third-order valence-electron chi connectivity index (χ3n) is 3.07. The van der Waals surface area contributed by atoms with Gasteiger partial charge in [0.15, 0.2) is 5.03 Å². The van der Waals surface area contributed by atoms with Crippen LogP contribution in [-0.4, -0.2) is 43.1 Å². The first-order valence-corrected chi connectivity index (χ1v) is 7.64. The molecule has 0 radical (unpaired) electrons. The van der Waals surface area contributed by atoms with E-state index in [1.54, 1.807) is 7.05 Å². The molecule has 1 heterocycles. The van der Waals surface area contributed by atoms with E-state index < -0.39 is 10.0 Å². The van der Waals surface area contributed by atoms with E-state index in [1.165, 1.54) is 10.5 Å². The second kappa shape index (κ2) is 5.74. The predicted octanol–water partition coefficient (Wildman–Crippen LogP) is 0.163. The van der Waals surface area contributed by atoms with E-state index in [2.05, 4.69) is 21.4 Å². The largest absolute Gasteiger partial charge is 0.316 e. The molecule has 6 nitrogen and oxygen atoms in total. The molecular weight excluding hydrogens is 264 g/mol. The van der Waals surface area contributed by atoms with Crippen LogP contribution in [0.15, 0.2) is 11.2 Å². The monoisotopic (exact) mass is 282 g/mol. The van der Waals surface area contributed by atoms with Gasteiger partial charge in [0.05, 0.1) is 12.7 Å². The highest BCUT2D eigenvalue weighted by molar-refractivity contribution is 7.89. The summed E-state index contributed by atoms with van der Waals surface area (Å²) >= 11 is 0. The Morgan fingerprint density at radius 1 is 1.63 bits per heavy atom. The molecule has 0 aromatic carbocycles. The van der Waals surface area contributed by atoms with E-state index in [1.807, 2.05) is 0 Å². The number of hydrogen-bond donors (Lipinski definition) is 2. The lowest BCUT2D eigenvalue weighted by molar-refractivity contribution is 0.427. The number of nitrogens with one attached hydrogen (secondary N) is 2. The fraction of sp³-hybridized carbons (Fsp3) is 0.583. The van der Waals surface area contributed by atoms with Crippen molar-refractivity contribution in [2.75, 3.05) is 20.1 Å². The van der Waals surface area contributed by atoms with Crippen molar-refractivity contribution >= 4 is 10.0 Å². The van der Waals surface area contributed by atoms with Gasteiger partial charge in [-0.15, -0.1) is 6.42 Å². The zero-order valence-corrected chi connectivity index (χ0v) is 11.7. The molecule has 104 valence electrons. The Balaban J connectivity index is 2.27. The molecule has 1 aromatic heterocycles. The maximum atomic E-state index is 12.6. The smallest absolute Gasteiger partial charge is 0.261 e. The summed E-state index contributed by atoms with van der Waals surface area (Å²) in [5, 5.41) is 9.46. The van der Waals surface area contributed by atoms with Gasteiger partial charge in [0.25, 0.3) is 10.0 Å². The van der Waals surface area contributed by atoms with Crippen molar-refractivity contribution in [2.45, 2.75) is 24.4 Å². The number of hydrogen-bond acceptors (Lipinski definition) is 4. The summed E-state index contributed by atoms with van der Waals surface area (Å²) in [4.78, 5) is 0. The first-order chi connectivity index (χ1) is 9.09. The summed E-state index contributed by atoms with van der Waals surface area (Å²) in [6, 6.07) is 0. The molecule has 1 aromatic rings. The van der Waals surface area contributed by atoms with Crippen LogP contribution in [0.25, 0.3) is 0 Å². The molecule has 0 amide bonds. The molecule has 2 N–H and O–H groups in total. The zero-order chi connectivity index (χ0) is 13.9. The van der Waals surface area contributed by atoms with Crippen LogP contribution < -0.4 is 5.32 Å². The summed E-state index contributed by atoms with van der Waals surface area (Å²) in [5.41, 5.74) is 0.625. The van der Waals surface area contributed by atoms with Gasteiger partial charge in [0.1, 0.15) is 0 Å². The van der Waals surface area contributed by atoms with Gasteiger partial charge >= 0.3 is 0 Å². The van der Waals surface area contributed by atoms with Crippen molar-refractivity contribution in [3.05, 3.63) is 11.8 Å². The van der Waals surface area contributed by atoms with Crippen molar-refractivity contribution < 1.29 is 8.42 Å². The van der Waals surface area contributed by atoms with Gasteiger partial charge in [-0.25, -0.2) is 8.42 Å². The Labute approximate surface area is 113 Å². The summed E-state index contributed by atoms with van der Waals surface area (Å²) in [5.74, 6) is 2.86. The van der Waals surface area contributed by atoms with Crippen molar-refractivity contribution in [1.82, 2.24) is 19.8 Å². The van der Waals surface area contributed by atoms with Crippen molar-refractivity contribution in [3.63, 3.8) is 0 Å². The SMILES string of the molecule is C#CCN(CC1CC1)S(=O)(=O)c1[nH]ncc1CNC. The van der Waals surface area contributed by atoms with Gasteiger partial charge in [0, 0.05) is 18.7 Å². The fourth-order valence-corrected chi connectivity index (χ4v) is 3.44. The maximum absolute atomic E-state index is 12.6. The van der Waals surface area contributed by atoms with E-state index in [0.717, 1.165) is 12.8 Å². The minimum atomic E-state index is -3.60. The van der Waals surface area contributed by atoms with Gasteiger partial charge in [-0.3, -0.25) is 5.10 Å². The average molecular weight is 282 g/mol. The van der Waals surface area contributed by atoms with Crippen molar-refractivity contribution in [3.8, 4) is 12.3 Å². The van der Waals surface area contributed by atoms with E-state index in [0.29, 0.717) is 24.6 Å². The number of H-pyrrole nitrogens is 1. The molecule has 0 aliphatic heterocycles. The topological polar surface area (TPSA) is 78.1 Å². The molecule has 1 aliphatic rings. The van der Waals surface area contributed by atoms with Gasteiger partial charge in [0.2, 0.25) is 0 Å². The highest BCUT2D eigenvalue weighted by Gasteiger charge is 2.33. The number of aromatic nitrogens is 2. The van der Waals surface area contributed by atoms with Gasteiger partial charge < -0.3 is 5.32 Å². The first-order valence-electron chi connectivity index (χ1n) is 6.20. The quantitative estimate of drug-likeness (QED) is 0.699. The van der Waals surface area contributed by atoms with Crippen LogP contribution in [-0.2, 0) is 16.6 Å². The van der Waals surface area contributed by atoms with E-state index in [-0.39, 0.29) is 11.6 Å². The summed E-state index contributed by atoms with van der Waals surface area (Å²) in [6.07, 6.45) is 8.95. The first kappa shape index (κ1) is 14.1. The van der Waals surface area contributed by atoms with Crippen molar-refractivity contribution in [1.29, 1.82) is 0 Å². The Morgan fingerprint density at radius 3 is 2.95 bits per heavy atom. The average Bonchev–Trinajstić information content (AvgIpc) is 3.06. The third-order valence-corrected chi connectivity index (χ3v) is 4.90. The van der Waals surface area contributed by atoms with Crippen LogP contribution in [0.1, 0.15) is 18.4 Å². The van der Waals surface area contributed by atoms with E-state index >= 15 is 0 Å². The lowest BCUT2D eigenvalue weighted by atomic mass is 10.4. The maximum Gasteiger partial charge on any atom is 0.261 e. The predicted molar refractivity (Wildman–Crippen MR) is 71.7 cm³/mol. The molecule has 0 atom stereocenters. The Hall–Kier alpha value is -1.36. The molecular formula is C12H18N4O2S. The second-order valence-electron chi connectivity index (χ2n) is 4.70. The van der Waals surface area contributed by atoms with E-state index in [4.69, 9.17) is 6.42 Å². The normalized spacial score (nSPS) is 15.6. The Morgan fingerprint density at radius 2 is 2.37 bits per heavy atom. The van der Waals surface area contributed by atoms with E-state index in [9.17, 15) is 8.42 Å². The minimum Gasteiger partial charge on any atom is -0.316 e. The number of nitrogens with zero attached hydrogens (tertiary/aromatic N) is 2. The second-order valence-corrected chi connectivity index (χ2v) is 6.57. The molecule has 1 saturated carbocycles. The lowest BCUT2D eigenvalue weighted by Crippen LogP contribution is -2.34. The van der Waals surface area contributed by atoms with Crippen LogP contribution in [0.5, 0.6) is 0 Å². The molecule has 0 saturated heterocycles. The van der Waals surface area contributed by atoms with Crippen LogP contribution in [0, 0.1) is 18.3 Å². The van der Waals surface area contributed by atoms with Crippen LogP contribution in [0.4, 0.5) is 0 Å². The van der Waals surface area contributed by atoms with Crippen LogP contribution in [0.3, 0.4) is 0 Å². The van der Waals surface area contributed by atoms with Crippen LogP contribution >= 0.6 is 0 Å². The lowest BCUT2D eigenvalue weighted by Gasteiger charge is -2.19. The highest BCUT2D eigenvalue weighted by Crippen LogP contribution is 2.31. The molecule has 2 rings (SSSR count). The fourth-order valence-electron chi connectivity index (χ4n) is 1.91. The molecule has 0 unspecified atom stereocenters. The van der Waals surface area contributed by atoms with Crippen molar-refractivity contribution in [2.24, 2.45) is 5.92 Å². The molecule has 1 fully saturated rings. The molecule has 19 heavy (non-hydrogen) atoms. The van der Waals surface area contributed by atoms with Gasteiger partial charge in [-0.1, -0.05) is 5.92 Å². The molecule has 0 bridgehead atoms. The highest BCUT2D eigenvalue weighted by atomic mass is 32.2. The Kier molecular flexibility index (Phi) is 4.24. The minimum absolute atomic E-state index is 0.0941. The third kappa shape index (κ3) is 3.15. The summed E-state index contributed by atoms with van der Waals surface area (Å²) in [7, 11) is -1.84. The number of terminal acetylenes is 1. The van der Waals surface area contributed by atoms with Gasteiger partial charge in [-0.2, -0.15) is 9.40 Å². The summed E-state index contributed by atoms with van der Waals surface area (Å²) in [6.45, 7) is 1.03. The molecule has 7 heteroatoms. The number of aromatic amines is 1. The number of sulfonamides is 1. The summed E-state index contributed by atoms with van der Waals surface area (Å²) < 4.78 is 26.5. The van der Waals surface area contributed by atoms with Gasteiger partial charge in [-0.05, 0) is 25.8 Å². The van der Waals surface area contributed by atoms with Crippen LogP contribution in [0.2, 0.25) is 0 Å². The standard InChI is InChI=1S/C12H18N4O2S/c1-3-6-16(9-10-4-5-10)19(17,18)12-11(7-13-2)8-14-15-12/h1,8,10,13H,4-7,9H2,2H3,(H,14,15). The number of rotatable bonds is 7. The molecule has 0 spiro atoms.